The van der Waals surface area contributed by atoms with Gasteiger partial charge in [-0.05, 0) is 78.1 Å². The Morgan fingerprint density at radius 1 is 1.11 bits per heavy atom. The van der Waals surface area contributed by atoms with Gasteiger partial charge in [0.2, 0.25) is 0 Å². The third-order valence-corrected chi connectivity index (χ3v) is 11.1. The van der Waals surface area contributed by atoms with Crippen LogP contribution in [-0.4, -0.2) is 27.6 Å². The molecule has 2 aromatic heterocycles. The maximum atomic E-state index is 13.1. The predicted octanol–water partition coefficient (Wildman–Crippen LogP) is 4.54. The topological polar surface area (TPSA) is 58.9 Å². The fourth-order valence-electron chi connectivity index (χ4n) is 5.58. The van der Waals surface area contributed by atoms with E-state index in [-0.39, 0.29) is 22.9 Å². The number of benzene rings is 1. The minimum atomic E-state index is -0.515. The number of aromatic amines is 1. The zero-order valence-corrected chi connectivity index (χ0v) is 26.6. The molecule has 1 aromatic carbocycles. The van der Waals surface area contributed by atoms with Gasteiger partial charge in [-0.3, -0.25) is 4.79 Å². The molecule has 0 saturated carbocycles. The molecule has 0 radical (unpaired) electrons. The number of ketones is 1. The van der Waals surface area contributed by atoms with Crippen LogP contribution in [0.1, 0.15) is 96.5 Å². The molecule has 0 unspecified atom stereocenters. The maximum absolute atomic E-state index is 13.1. The van der Waals surface area contributed by atoms with Gasteiger partial charge in [0.25, 0.3) is 0 Å². The van der Waals surface area contributed by atoms with E-state index in [4.69, 9.17) is 9.72 Å². The molecule has 0 fully saturated rings. The van der Waals surface area contributed by atoms with E-state index in [1.165, 1.54) is 31.4 Å². The molecule has 2 heterocycles. The highest BCUT2D eigenvalue weighted by Gasteiger charge is 2.50. The SMILES string of the molecule is CCCCCC(C)(C)SSCc1c(C)c(OC)cc[n+]1-c1nc2cc3c(cc2[nH]1)C(C)(C)C(=O)C3(C)C.[Cl-]. The molecule has 8 heteroatoms. The molecule has 0 amide bonds. The number of hydrogen-bond donors (Lipinski definition) is 1. The van der Waals surface area contributed by atoms with E-state index in [9.17, 15) is 4.79 Å². The minimum absolute atomic E-state index is 0. The van der Waals surface area contributed by atoms with Crippen LogP contribution in [0.5, 0.6) is 5.75 Å². The Morgan fingerprint density at radius 3 is 2.39 bits per heavy atom. The number of halogens is 1. The molecule has 0 bridgehead atoms. The summed E-state index contributed by atoms with van der Waals surface area (Å²) in [7, 11) is 5.59. The van der Waals surface area contributed by atoms with E-state index in [0.29, 0.717) is 0 Å². The summed E-state index contributed by atoms with van der Waals surface area (Å²) in [6.45, 7) is 17.2. The number of ether oxygens (including phenoxy) is 1. The lowest BCUT2D eigenvalue weighted by Gasteiger charge is -2.23. The van der Waals surface area contributed by atoms with Crippen LogP contribution < -0.4 is 21.7 Å². The van der Waals surface area contributed by atoms with Gasteiger partial charge in [-0.25, -0.2) is 9.55 Å². The Labute approximate surface area is 242 Å². The van der Waals surface area contributed by atoms with Crippen molar-refractivity contribution in [3.8, 4) is 11.7 Å². The fraction of sp³-hybridized carbons (Fsp3) is 0.567. The molecule has 3 aromatic rings. The first-order valence-electron chi connectivity index (χ1n) is 13.3. The monoisotopic (exact) mass is 575 g/mol. The first-order valence-corrected chi connectivity index (χ1v) is 15.6. The van der Waals surface area contributed by atoms with Crippen molar-refractivity contribution in [2.45, 2.75) is 102 Å². The predicted molar refractivity (Wildman–Crippen MR) is 157 cm³/mol. The summed E-state index contributed by atoms with van der Waals surface area (Å²) < 4.78 is 8.05. The lowest BCUT2D eigenvalue weighted by atomic mass is 9.80. The second-order valence-electron chi connectivity index (χ2n) is 11.9. The standard InChI is InChI=1S/C30H42N3O2S2.ClH/c1-10-11-12-14-28(3,4)37-36-18-24-19(2)25(35-9)13-15-33(24)27-31-22-16-20-21(17-23(22)32-27)30(7,8)26(34)29(20,5)6;/h13,15-17H,10-12,14,18H2,1-9H3,(H,31,32);1H/q+1;/p-1. The average Bonchev–Trinajstić information content (AvgIpc) is 3.31. The highest BCUT2D eigenvalue weighted by molar-refractivity contribution is 8.76. The molecule has 1 aliphatic carbocycles. The van der Waals surface area contributed by atoms with Gasteiger partial charge >= 0.3 is 5.95 Å². The van der Waals surface area contributed by atoms with Crippen molar-refractivity contribution in [3.63, 3.8) is 0 Å². The summed E-state index contributed by atoms with van der Waals surface area (Å²) in [4.78, 5) is 21.7. The molecule has 0 spiro atoms. The van der Waals surface area contributed by atoms with Crippen LogP contribution in [0.15, 0.2) is 24.4 Å². The number of pyridine rings is 1. The summed E-state index contributed by atoms with van der Waals surface area (Å²) in [5, 5.41) is 0. The van der Waals surface area contributed by atoms with Crippen molar-refractivity contribution in [2.75, 3.05) is 7.11 Å². The second kappa shape index (κ2) is 11.4. The number of H-pyrrole nitrogens is 1. The lowest BCUT2D eigenvalue weighted by molar-refractivity contribution is -0.610. The van der Waals surface area contributed by atoms with Gasteiger partial charge in [0, 0.05) is 27.2 Å². The van der Waals surface area contributed by atoms with E-state index in [0.717, 1.165) is 45.2 Å². The molecule has 38 heavy (non-hydrogen) atoms. The zero-order chi connectivity index (χ0) is 27.2. The second-order valence-corrected chi connectivity index (χ2v) is 14.9. The number of imidazole rings is 1. The van der Waals surface area contributed by atoms with Crippen LogP contribution in [0.3, 0.4) is 0 Å². The number of fused-ring (bicyclic) bond motifs is 2. The minimum Gasteiger partial charge on any atom is -1.00 e. The van der Waals surface area contributed by atoms with Crippen LogP contribution >= 0.6 is 21.6 Å². The van der Waals surface area contributed by atoms with Crippen LogP contribution in [0, 0.1) is 6.92 Å². The zero-order valence-electron chi connectivity index (χ0n) is 24.3. The van der Waals surface area contributed by atoms with Gasteiger partial charge in [0.1, 0.15) is 17.0 Å². The van der Waals surface area contributed by atoms with Gasteiger partial charge in [-0.1, -0.05) is 52.8 Å². The van der Waals surface area contributed by atoms with Crippen LogP contribution in [0.2, 0.25) is 0 Å². The molecular weight excluding hydrogens is 534 g/mol. The Balaban J connectivity index is 0.00000400. The van der Waals surface area contributed by atoms with Gasteiger partial charge in [0.15, 0.2) is 11.3 Å². The first-order chi connectivity index (χ1) is 17.3. The summed E-state index contributed by atoms with van der Waals surface area (Å²) in [5.41, 5.74) is 5.29. The van der Waals surface area contributed by atoms with Gasteiger partial charge in [0.05, 0.1) is 19.1 Å². The third kappa shape index (κ3) is 5.62. The van der Waals surface area contributed by atoms with E-state index in [1.807, 2.05) is 61.5 Å². The normalized spacial score (nSPS) is 16.0. The van der Waals surface area contributed by atoms with Gasteiger partial charge in [-0.15, -0.1) is 0 Å². The molecule has 0 atom stereocenters. The van der Waals surface area contributed by atoms with Crippen molar-refractivity contribution in [3.05, 3.63) is 46.8 Å². The Morgan fingerprint density at radius 2 is 1.76 bits per heavy atom. The summed E-state index contributed by atoms with van der Waals surface area (Å²) in [6.07, 6.45) is 7.09. The Bertz CT molecular complexity index is 1280. The molecule has 208 valence electrons. The summed E-state index contributed by atoms with van der Waals surface area (Å²) in [6, 6.07) is 6.24. The third-order valence-electron chi connectivity index (χ3n) is 7.87. The smallest absolute Gasteiger partial charge is 0.402 e. The molecular formula is C30H42ClN3O2S2. The number of methoxy groups -OCH3 is 1. The number of aromatic nitrogens is 3. The number of Topliss-reactive ketones (excluding diaryl/α,β-unsaturated/α-hetero) is 1. The lowest BCUT2D eigenvalue weighted by Crippen LogP contribution is -3.00. The van der Waals surface area contributed by atoms with Crippen molar-refractivity contribution in [1.82, 2.24) is 9.97 Å². The van der Waals surface area contributed by atoms with Gasteiger partial charge in [-0.2, -0.15) is 0 Å². The number of nitrogens with one attached hydrogen (secondary N) is 1. The fourth-order valence-corrected chi connectivity index (χ4v) is 8.37. The molecule has 0 saturated heterocycles. The van der Waals surface area contributed by atoms with Crippen molar-refractivity contribution in [2.24, 2.45) is 0 Å². The number of carbonyl (C=O) groups excluding carboxylic acids is 1. The largest absolute Gasteiger partial charge is 1.00 e. The van der Waals surface area contributed by atoms with Crippen LogP contribution in [-0.2, 0) is 21.4 Å². The van der Waals surface area contributed by atoms with Crippen molar-refractivity contribution < 1.29 is 26.5 Å². The summed E-state index contributed by atoms with van der Waals surface area (Å²) in [5.74, 6) is 2.77. The van der Waals surface area contributed by atoms with Gasteiger partial charge < -0.3 is 17.1 Å². The maximum Gasteiger partial charge on any atom is 0.402 e. The summed E-state index contributed by atoms with van der Waals surface area (Å²) >= 11 is 0. The molecule has 0 aliphatic heterocycles. The van der Waals surface area contributed by atoms with Crippen molar-refractivity contribution in [1.29, 1.82) is 0 Å². The van der Waals surface area contributed by atoms with E-state index >= 15 is 0 Å². The van der Waals surface area contributed by atoms with E-state index in [1.54, 1.807) is 7.11 Å². The number of nitrogens with zero attached hydrogens (tertiary/aromatic N) is 2. The number of carbonyl (C=O) groups is 1. The number of unbranched alkanes of at least 4 members (excludes halogenated alkanes) is 2. The van der Waals surface area contributed by atoms with Crippen LogP contribution in [0.4, 0.5) is 0 Å². The van der Waals surface area contributed by atoms with Crippen LogP contribution in [0.25, 0.3) is 17.0 Å². The molecule has 1 aliphatic rings. The molecule has 5 nitrogen and oxygen atoms in total. The Hall–Kier alpha value is -1.70. The van der Waals surface area contributed by atoms with Crippen molar-refractivity contribution >= 4 is 38.4 Å². The number of hydrogen-bond acceptors (Lipinski definition) is 5. The Kier molecular flexibility index (Phi) is 9.27. The molecule has 1 N–H and O–H groups in total. The quantitative estimate of drug-likeness (QED) is 0.218. The van der Waals surface area contributed by atoms with E-state index in [2.05, 4.69) is 49.4 Å². The number of rotatable bonds is 10. The highest BCUT2D eigenvalue weighted by Crippen LogP contribution is 2.47. The van der Waals surface area contributed by atoms with E-state index < -0.39 is 10.8 Å². The molecule has 4 rings (SSSR count). The first kappa shape index (κ1) is 30.8. The highest BCUT2D eigenvalue weighted by atomic mass is 35.5. The average molecular weight is 576 g/mol.